The lowest BCUT2D eigenvalue weighted by Crippen LogP contribution is -2.20. The summed E-state index contributed by atoms with van der Waals surface area (Å²) in [4.78, 5) is 10.8. The molecule has 8 heteroatoms. The van der Waals surface area contributed by atoms with Gasteiger partial charge in [0.05, 0.1) is 19.2 Å². The zero-order valence-electron chi connectivity index (χ0n) is 7.29. The van der Waals surface area contributed by atoms with Gasteiger partial charge in [-0.15, -0.1) is 16.7 Å². The quantitative estimate of drug-likeness (QED) is 0.714. The van der Waals surface area contributed by atoms with Crippen molar-refractivity contribution in [3.63, 3.8) is 0 Å². The topological polar surface area (TPSA) is 51.0 Å². The summed E-state index contributed by atoms with van der Waals surface area (Å²) < 4.78 is 39.9. The average Bonchev–Trinajstić information content (AvgIpc) is 2.10. The lowest BCUT2D eigenvalue weighted by molar-refractivity contribution is -0.142. The normalized spacial score (nSPS) is 21.5. The standard InChI is InChI=1S/C7H6ClF3N2O2/c8-5-4(3-12-13-6(5)14)15-2-1-7(9,10)11/h3,5H,1-2H2. The molecule has 1 aliphatic rings. The maximum atomic E-state index is 11.7. The molecule has 1 heterocycles. The molecule has 1 unspecified atom stereocenters. The van der Waals surface area contributed by atoms with Crippen LogP contribution in [0.25, 0.3) is 0 Å². The van der Waals surface area contributed by atoms with Gasteiger partial charge in [-0.3, -0.25) is 4.79 Å². The molecule has 0 aliphatic carbocycles. The number of rotatable bonds is 3. The van der Waals surface area contributed by atoms with Crippen LogP contribution in [0.2, 0.25) is 0 Å². The minimum Gasteiger partial charge on any atom is -0.494 e. The van der Waals surface area contributed by atoms with Gasteiger partial charge in [0, 0.05) is 0 Å². The van der Waals surface area contributed by atoms with Crippen molar-refractivity contribution >= 4 is 17.5 Å². The Morgan fingerprint density at radius 1 is 1.53 bits per heavy atom. The monoisotopic (exact) mass is 242 g/mol. The Hall–Kier alpha value is -1.11. The van der Waals surface area contributed by atoms with Crippen LogP contribution in [0.1, 0.15) is 6.42 Å². The molecule has 0 aromatic rings. The summed E-state index contributed by atoms with van der Waals surface area (Å²) in [7, 11) is 0. The fourth-order valence-corrected chi connectivity index (χ4v) is 0.939. The van der Waals surface area contributed by atoms with Crippen LogP contribution in [0.4, 0.5) is 13.2 Å². The van der Waals surface area contributed by atoms with Gasteiger partial charge in [-0.05, 0) is 0 Å². The molecule has 1 atom stereocenters. The van der Waals surface area contributed by atoms with E-state index in [0.717, 1.165) is 6.20 Å². The van der Waals surface area contributed by atoms with Gasteiger partial charge in [0.25, 0.3) is 5.91 Å². The van der Waals surface area contributed by atoms with Gasteiger partial charge in [0.1, 0.15) is 5.76 Å². The molecular weight excluding hydrogens is 237 g/mol. The highest BCUT2D eigenvalue weighted by atomic mass is 35.5. The van der Waals surface area contributed by atoms with E-state index in [0.29, 0.717) is 0 Å². The van der Waals surface area contributed by atoms with Crippen LogP contribution in [0.3, 0.4) is 0 Å². The predicted octanol–water partition coefficient (Wildman–Crippen LogP) is 2.40. The van der Waals surface area contributed by atoms with Crippen molar-refractivity contribution in [3.8, 4) is 0 Å². The molecule has 1 rings (SSSR count). The molecule has 15 heavy (non-hydrogen) atoms. The lowest BCUT2D eigenvalue weighted by atomic mass is 10.3. The number of azo groups is 1. The maximum Gasteiger partial charge on any atom is 0.392 e. The lowest BCUT2D eigenvalue weighted by Gasteiger charge is -2.14. The van der Waals surface area contributed by atoms with Crippen LogP contribution in [-0.4, -0.2) is 24.1 Å². The minimum absolute atomic E-state index is 0.110. The van der Waals surface area contributed by atoms with Crippen LogP contribution in [0.15, 0.2) is 22.2 Å². The summed E-state index contributed by atoms with van der Waals surface area (Å²) >= 11 is 5.51. The Balaban J connectivity index is 2.42. The van der Waals surface area contributed by atoms with Crippen molar-refractivity contribution in [1.29, 1.82) is 0 Å². The molecule has 84 valence electrons. The number of alkyl halides is 4. The third kappa shape index (κ3) is 3.86. The van der Waals surface area contributed by atoms with E-state index in [4.69, 9.17) is 11.6 Å². The molecule has 0 saturated carbocycles. The Kier molecular flexibility index (Phi) is 3.67. The first-order chi connectivity index (χ1) is 6.90. The molecule has 0 fully saturated rings. The molecular formula is C7H6ClF3N2O2. The number of halogens is 4. The van der Waals surface area contributed by atoms with E-state index in [2.05, 4.69) is 15.0 Å². The molecule has 0 saturated heterocycles. The van der Waals surface area contributed by atoms with E-state index in [1.165, 1.54) is 0 Å². The highest BCUT2D eigenvalue weighted by molar-refractivity contribution is 6.32. The van der Waals surface area contributed by atoms with Gasteiger partial charge in [-0.1, -0.05) is 0 Å². The highest BCUT2D eigenvalue weighted by Gasteiger charge is 2.29. The summed E-state index contributed by atoms with van der Waals surface area (Å²) in [6.07, 6.45) is -4.39. The van der Waals surface area contributed by atoms with Gasteiger partial charge in [0.15, 0.2) is 5.38 Å². The van der Waals surface area contributed by atoms with E-state index in [9.17, 15) is 18.0 Å². The van der Waals surface area contributed by atoms with Crippen molar-refractivity contribution in [2.75, 3.05) is 6.61 Å². The fourth-order valence-electron chi connectivity index (χ4n) is 0.776. The second-order valence-corrected chi connectivity index (χ2v) is 3.10. The zero-order valence-corrected chi connectivity index (χ0v) is 8.05. The minimum atomic E-state index is -4.30. The number of carbonyl (C=O) groups excluding carboxylic acids is 1. The number of hydrogen-bond donors (Lipinski definition) is 0. The van der Waals surface area contributed by atoms with Crippen LogP contribution >= 0.6 is 11.6 Å². The molecule has 0 radical (unpaired) electrons. The number of carbonyl (C=O) groups is 1. The van der Waals surface area contributed by atoms with Crippen molar-refractivity contribution in [2.24, 2.45) is 10.2 Å². The largest absolute Gasteiger partial charge is 0.494 e. The van der Waals surface area contributed by atoms with Crippen LogP contribution in [0, 0.1) is 0 Å². The van der Waals surface area contributed by atoms with Crippen molar-refractivity contribution < 1.29 is 22.7 Å². The summed E-state index contributed by atoms with van der Waals surface area (Å²) in [5.41, 5.74) is 0. The van der Waals surface area contributed by atoms with Gasteiger partial charge in [-0.2, -0.15) is 18.3 Å². The Bertz CT molecular complexity index is 314. The number of nitrogens with zero attached hydrogens (tertiary/aromatic N) is 2. The zero-order chi connectivity index (χ0) is 11.5. The molecule has 1 aliphatic heterocycles. The molecule has 4 nitrogen and oxygen atoms in total. The summed E-state index contributed by atoms with van der Waals surface area (Å²) in [6, 6.07) is 0. The van der Waals surface area contributed by atoms with Crippen molar-refractivity contribution in [3.05, 3.63) is 12.0 Å². The van der Waals surface area contributed by atoms with E-state index in [1.54, 1.807) is 0 Å². The Morgan fingerprint density at radius 2 is 2.20 bits per heavy atom. The predicted molar refractivity (Wildman–Crippen MR) is 44.2 cm³/mol. The van der Waals surface area contributed by atoms with Gasteiger partial charge in [0.2, 0.25) is 0 Å². The van der Waals surface area contributed by atoms with Crippen LogP contribution in [-0.2, 0) is 9.53 Å². The second kappa shape index (κ2) is 4.61. The van der Waals surface area contributed by atoms with Crippen molar-refractivity contribution in [1.82, 2.24) is 0 Å². The van der Waals surface area contributed by atoms with Gasteiger partial charge >= 0.3 is 6.18 Å². The van der Waals surface area contributed by atoms with E-state index in [-0.39, 0.29) is 5.76 Å². The van der Waals surface area contributed by atoms with E-state index < -0.39 is 30.5 Å². The third-order valence-corrected chi connectivity index (χ3v) is 1.86. The van der Waals surface area contributed by atoms with E-state index >= 15 is 0 Å². The fraction of sp³-hybridized carbons (Fsp3) is 0.571. The number of ether oxygens (including phenoxy) is 1. The molecule has 0 N–H and O–H groups in total. The summed E-state index contributed by atoms with van der Waals surface area (Å²) in [6.45, 7) is -0.596. The number of hydrogen-bond acceptors (Lipinski definition) is 3. The maximum absolute atomic E-state index is 11.7. The van der Waals surface area contributed by atoms with Crippen LogP contribution in [0.5, 0.6) is 0 Å². The Labute approximate surface area is 87.8 Å². The van der Waals surface area contributed by atoms with Crippen LogP contribution < -0.4 is 0 Å². The van der Waals surface area contributed by atoms with Crippen molar-refractivity contribution in [2.45, 2.75) is 18.0 Å². The first kappa shape index (κ1) is 12.0. The molecule has 1 amide bonds. The third-order valence-electron chi connectivity index (χ3n) is 1.46. The first-order valence-corrected chi connectivity index (χ1v) is 4.32. The van der Waals surface area contributed by atoms with Gasteiger partial charge < -0.3 is 4.74 Å². The number of amides is 1. The summed E-state index contributed by atoms with van der Waals surface area (Å²) in [5.74, 6) is -0.859. The smallest absolute Gasteiger partial charge is 0.392 e. The highest BCUT2D eigenvalue weighted by Crippen LogP contribution is 2.22. The SMILES string of the molecule is O=C1N=NC=C(OCCC(F)(F)F)C1Cl. The van der Waals surface area contributed by atoms with E-state index in [1.807, 2.05) is 0 Å². The second-order valence-electron chi connectivity index (χ2n) is 2.66. The Morgan fingerprint density at radius 3 is 2.80 bits per heavy atom. The van der Waals surface area contributed by atoms with Gasteiger partial charge in [-0.25, -0.2) is 0 Å². The average molecular weight is 243 g/mol. The molecule has 0 aromatic carbocycles. The molecule has 0 bridgehead atoms. The summed E-state index contributed by atoms with van der Waals surface area (Å²) in [5, 5.41) is 5.14. The first-order valence-electron chi connectivity index (χ1n) is 3.88. The molecule has 0 spiro atoms. The molecule has 0 aromatic heterocycles.